The summed E-state index contributed by atoms with van der Waals surface area (Å²) in [5.41, 5.74) is 5.62. The van der Waals surface area contributed by atoms with Gasteiger partial charge in [0.05, 0.1) is 0 Å². The minimum atomic E-state index is -0.267. The molecule has 3 rings (SSSR count). The summed E-state index contributed by atoms with van der Waals surface area (Å²) < 4.78 is 0. The zero-order valence-corrected chi connectivity index (χ0v) is 12.4. The van der Waals surface area contributed by atoms with E-state index in [1.807, 2.05) is 36.4 Å². The summed E-state index contributed by atoms with van der Waals surface area (Å²) in [4.78, 5) is 12.6. The number of fused-ring (bicyclic) bond motifs is 1. The minimum Gasteiger partial charge on any atom is -0.324 e. The molecule has 3 heteroatoms. The number of anilines is 1. The van der Waals surface area contributed by atoms with Crippen LogP contribution in [0.25, 0.3) is 0 Å². The molecule has 0 aliphatic carbocycles. The molecule has 2 aromatic rings. The Morgan fingerprint density at radius 2 is 1.95 bits per heavy atom. The van der Waals surface area contributed by atoms with Crippen LogP contribution in [0.15, 0.2) is 42.5 Å². The first-order valence-electron chi connectivity index (χ1n) is 7.34. The number of nitrogens with one attached hydrogen (secondary N) is 2. The van der Waals surface area contributed by atoms with Gasteiger partial charge in [0.15, 0.2) is 0 Å². The molecule has 1 aliphatic rings. The number of hydrogen-bond acceptors (Lipinski definition) is 2. The highest BCUT2D eigenvalue weighted by atomic mass is 16.2. The smallest absolute Gasteiger partial charge is 0.246 e. The van der Waals surface area contributed by atoms with Crippen molar-refractivity contribution in [2.75, 3.05) is 11.9 Å². The van der Waals surface area contributed by atoms with Crippen LogP contribution in [-0.2, 0) is 11.2 Å². The number of carbonyl (C=O) groups excluding carboxylic acids is 1. The molecule has 0 fully saturated rings. The van der Waals surface area contributed by atoms with Crippen LogP contribution in [-0.4, -0.2) is 12.5 Å². The summed E-state index contributed by atoms with van der Waals surface area (Å²) in [6.07, 6.45) is 0.976. The van der Waals surface area contributed by atoms with Crippen molar-refractivity contribution in [1.29, 1.82) is 0 Å². The quantitative estimate of drug-likeness (QED) is 0.887. The van der Waals surface area contributed by atoms with Crippen LogP contribution in [0, 0.1) is 13.8 Å². The fourth-order valence-electron chi connectivity index (χ4n) is 2.77. The molecular weight excluding hydrogens is 260 g/mol. The second kappa shape index (κ2) is 5.70. The summed E-state index contributed by atoms with van der Waals surface area (Å²) in [5, 5.41) is 6.33. The van der Waals surface area contributed by atoms with E-state index in [9.17, 15) is 4.79 Å². The third kappa shape index (κ3) is 2.83. The molecule has 0 bridgehead atoms. The van der Waals surface area contributed by atoms with E-state index in [1.54, 1.807) is 0 Å². The molecule has 1 atom stereocenters. The molecule has 0 saturated heterocycles. The Morgan fingerprint density at radius 3 is 2.76 bits per heavy atom. The molecule has 0 saturated carbocycles. The van der Waals surface area contributed by atoms with Gasteiger partial charge in [-0.15, -0.1) is 0 Å². The van der Waals surface area contributed by atoms with Crippen LogP contribution in [0.5, 0.6) is 0 Å². The molecule has 0 radical (unpaired) electrons. The maximum Gasteiger partial charge on any atom is 0.246 e. The zero-order chi connectivity index (χ0) is 14.8. The lowest BCUT2D eigenvalue weighted by molar-refractivity contribution is -0.118. The minimum absolute atomic E-state index is 0.00500. The predicted octanol–water partition coefficient (Wildman–Crippen LogP) is 3.13. The maximum atomic E-state index is 12.6. The summed E-state index contributed by atoms with van der Waals surface area (Å²) >= 11 is 0. The van der Waals surface area contributed by atoms with Crippen molar-refractivity contribution in [3.8, 4) is 0 Å². The van der Waals surface area contributed by atoms with Gasteiger partial charge in [-0.3, -0.25) is 4.79 Å². The van der Waals surface area contributed by atoms with Gasteiger partial charge in [0, 0.05) is 12.2 Å². The highest BCUT2D eigenvalue weighted by molar-refractivity contribution is 5.96. The first-order valence-corrected chi connectivity index (χ1v) is 7.34. The lowest BCUT2D eigenvalue weighted by Crippen LogP contribution is -2.38. The highest BCUT2D eigenvalue weighted by Gasteiger charge is 2.25. The number of rotatable bonds is 2. The van der Waals surface area contributed by atoms with Gasteiger partial charge in [-0.05, 0) is 54.7 Å². The lowest BCUT2D eigenvalue weighted by atomic mass is 9.94. The van der Waals surface area contributed by atoms with E-state index < -0.39 is 0 Å². The van der Waals surface area contributed by atoms with Crippen molar-refractivity contribution in [1.82, 2.24) is 5.32 Å². The van der Waals surface area contributed by atoms with E-state index in [0.717, 1.165) is 24.2 Å². The molecule has 108 valence electrons. The zero-order valence-electron chi connectivity index (χ0n) is 12.4. The fourth-order valence-corrected chi connectivity index (χ4v) is 2.77. The molecule has 1 aliphatic heterocycles. The Hall–Kier alpha value is -2.13. The van der Waals surface area contributed by atoms with Crippen molar-refractivity contribution in [2.45, 2.75) is 26.3 Å². The normalized spacial score (nSPS) is 17.1. The van der Waals surface area contributed by atoms with Crippen LogP contribution in [0.4, 0.5) is 5.69 Å². The first kappa shape index (κ1) is 13.8. The van der Waals surface area contributed by atoms with Crippen LogP contribution in [0.2, 0.25) is 0 Å². The Balaban J connectivity index is 1.81. The monoisotopic (exact) mass is 280 g/mol. The fraction of sp³-hybridized carbons (Fsp3) is 0.278. The van der Waals surface area contributed by atoms with Gasteiger partial charge in [-0.25, -0.2) is 0 Å². The van der Waals surface area contributed by atoms with E-state index >= 15 is 0 Å². The number of benzene rings is 2. The molecule has 1 heterocycles. The largest absolute Gasteiger partial charge is 0.324 e. The van der Waals surface area contributed by atoms with E-state index in [-0.39, 0.29) is 11.9 Å². The van der Waals surface area contributed by atoms with E-state index in [2.05, 4.69) is 30.5 Å². The molecule has 1 amide bonds. The van der Waals surface area contributed by atoms with Crippen LogP contribution in [0.1, 0.15) is 28.3 Å². The second-order valence-electron chi connectivity index (χ2n) is 5.62. The number of hydrogen-bond donors (Lipinski definition) is 2. The van der Waals surface area contributed by atoms with Crippen molar-refractivity contribution < 1.29 is 4.79 Å². The first-order chi connectivity index (χ1) is 10.1. The Labute approximate surface area is 125 Å². The summed E-state index contributed by atoms with van der Waals surface area (Å²) in [7, 11) is 0. The molecule has 0 aromatic heterocycles. The van der Waals surface area contributed by atoms with Gasteiger partial charge >= 0.3 is 0 Å². The topological polar surface area (TPSA) is 41.1 Å². The van der Waals surface area contributed by atoms with Gasteiger partial charge in [0.2, 0.25) is 5.91 Å². The third-order valence-electron chi connectivity index (χ3n) is 4.15. The Kier molecular flexibility index (Phi) is 3.76. The maximum absolute atomic E-state index is 12.6. The number of aryl methyl sites for hydroxylation is 2. The van der Waals surface area contributed by atoms with Gasteiger partial charge in [0.1, 0.15) is 6.04 Å². The Morgan fingerprint density at radius 1 is 1.14 bits per heavy atom. The third-order valence-corrected chi connectivity index (χ3v) is 4.15. The van der Waals surface area contributed by atoms with Crippen LogP contribution >= 0.6 is 0 Å². The lowest BCUT2D eigenvalue weighted by Gasteiger charge is -2.26. The molecule has 0 spiro atoms. The average molecular weight is 280 g/mol. The van der Waals surface area contributed by atoms with Crippen molar-refractivity contribution >= 4 is 11.6 Å². The van der Waals surface area contributed by atoms with Crippen molar-refractivity contribution in [2.24, 2.45) is 0 Å². The predicted molar refractivity (Wildman–Crippen MR) is 85.4 cm³/mol. The van der Waals surface area contributed by atoms with Gasteiger partial charge in [-0.1, -0.05) is 30.3 Å². The van der Waals surface area contributed by atoms with Gasteiger partial charge in [-0.2, -0.15) is 0 Å². The molecule has 3 nitrogen and oxygen atoms in total. The van der Waals surface area contributed by atoms with Gasteiger partial charge in [0.25, 0.3) is 0 Å². The Bertz CT molecular complexity index is 679. The molecule has 2 aromatic carbocycles. The van der Waals surface area contributed by atoms with Crippen molar-refractivity contribution in [3.05, 3.63) is 64.7 Å². The molecular formula is C18H20N2O. The standard InChI is InChI=1S/C18H20N2O/c1-12-7-8-15(11-13(12)2)20-18(21)17-16-6-4-3-5-14(16)9-10-19-17/h3-8,11,17,19H,9-10H2,1-2H3,(H,20,21). The van der Waals surface area contributed by atoms with Crippen LogP contribution in [0.3, 0.4) is 0 Å². The average Bonchev–Trinajstić information content (AvgIpc) is 2.50. The number of amides is 1. The number of carbonyl (C=O) groups is 1. The van der Waals surface area contributed by atoms with Crippen LogP contribution < -0.4 is 10.6 Å². The summed E-state index contributed by atoms with van der Waals surface area (Å²) in [5.74, 6) is 0.00500. The van der Waals surface area contributed by atoms with Gasteiger partial charge < -0.3 is 10.6 Å². The summed E-state index contributed by atoms with van der Waals surface area (Å²) in [6, 6.07) is 13.9. The second-order valence-corrected chi connectivity index (χ2v) is 5.62. The highest BCUT2D eigenvalue weighted by Crippen LogP contribution is 2.24. The van der Waals surface area contributed by atoms with E-state index in [0.29, 0.717) is 0 Å². The van der Waals surface area contributed by atoms with E-state index in [4.69, 9.17) is 0 Å². The van der Waals surface area contributed by atoms with E-state index in [1.165, 1.54) is 16.7 Å². The molecule has 21 heavy (non-hydrogen) atoms. The molecule has 1 unspecified atom stereocenters. The van der Waals surface area contributed by atoms with Crippen molar-refractivity contribution in [3.63, 3.8) is 0 Å². The summed E-state index contributed by atoms with van der Waals surface area (Å²) in [6.45, 7) is 4.96. The SMILES string of the molecule is Cc1ccc(NC(=O)C2NCCc3ccccc32)cc1C. The molecule has 2 N–H and O–H groups in total.